The number of hydrogen-bond acceptors (Lipinski definition) is 1. The van der Waals surface area contributed by atoms with Crippen LogP contribution in [0.15, 0.2) is 18.2 Å². The van der Waals surface area contributed by atoms with Crippen LogP contribution in [0, 0.1) is 5.41 Å². The molecule has 1 aromatic carbocycles. The molecule has 16 heavy (non-hydrogen) atoms. The predicted molar refractivity (Wildman–Crippen MR) is 66.0 cm³/mol. The molecule has 3 heteroatoms. The van der Waals surface area contributed by atoms with Gasteiger partial charge in [0.2, 0.25) is 0 Å². The molecule has 0 fully saturated rings. The second-order valence-corrected chi connectivity index (χ2v) is 5.12. The first-order chi connectivity index (χ1) is 7.35. The largest absolute Gasteiger partial charge is 0.481 e. The summed E-state index contributed by atoms with van der Waals surface area (Å²) >= 11 is 5.99. The number of aryl methyl sites for hydroxylation is 1. The van der Waals surface area contributed by atoms with Gasteiger partial charge >= 0.3 is 5.97 Å². The molecule has 88 valence electrons. The average Bonchev–Trinajstić information content (AvgIpc) is 2.15. The molecule has 1 rings (SSSR count). The lowest BCUT2D eigenvalue weighted by molar-refractivity contribution is -0.146. The van der Waals surface area contributed by atoms with Gasteiger partial charge in [0, 0.05) is 5.02 Å². The first-order valence-electron chi connectivity index (χ1n) is 5.37. The predicted octanol–water partition coefficient (Wildman–Crippen LogP) is 3.56. The minimum Gasteiger partial charge on any atom is -0.481 e. The van der Waals surface area contributed by atoms with Crippen molar-refractivity contribution in [1.82, 2.24) is 0 Å². The minimum absolute atomic E-state index is 0.496. The van der Waals surface area contributed by atoms with Crippen molar-refractivity contribution in [2.45, 2.75) is 33.6 Å². The zero-order valence-corrected chi connectivity index (χ0v) is 10.6. The highest BCUT2D eigenvalue weighted by atomic mass is 35.5. The molecule has 1 N–H and O–H groups in total. The molecule has 0 amide bonds. The molecular formula is C13H17ClO2. The topological polar surface area (TPSA) is 37.3 Å². The maximum Gasteiger partial charge on any atom is 0.309 e. The van der Waals surface area contributed by atoms with Crippen molar-refractivity contribution in [3.63, 3.8) is 0 Å². The third-order valence-corrected chi connectivity index (χ3v) is 2.87. The van der Waals surface area contributed by atoms with E-state index in [9.17, 15) is 4.79 Å². The summed E-state index contributed by atoms with van der Waals surface area (Å²) in [7, 11) is 0. The molecule has 0 saturated carbocycles. The van der Waals surface area contributed by atoms with Crippen molar-refractivity contribution in [3.05, 3.63) is 34.3 Å². The fraction of sp³-hybridized carbons (Fsp3) is 0.462. The number of rotatable bonds is 4. The number of carboxylic acid groups (broad SMARTS) is 1. The molecule has 0 radical (unpaired) electrons. The van der Waals surface area contributed by atoms with Gasteiger partial charge in [-0.15, -0.1) is 0 Å². The lowest BCUT2D eigenvalue weighted by Crippen LogP contribution is -2.26. The van der Waals surface area contributed by atoms with Crippen molar-refractivity contribution >= 4 is 17.6 Å². The van der Waals surface area contributed by atoms with Crippen LogP contribution in [0.3, 0.4) is 0 Å². The third kappa shape index (κ3) is 3.24. The van der Waals surface area contributed by atoms with Gasteiger partial charge in [-0.05, 0) is 49.9 Å². The van der Waals surface area contributed by atoms with Crippen molar-refractivity contribution < 1.29 is 9.90 Å². The first-order valence-corrected chi connectivity index (χ1v) is 5.74. The van der Waals surface area contributed by atoms with Crippen molar-refractivity contribution in [3.8, 4) is 0 Å². The maximum absolute atomic E-state index is 11.0. The van der Waals surface area contributed by atoms with Crippen LogP contribution in [0.2, 0.25) is 5.02 Å². The highest BCUT2D eigenvalue weighted by molar-refractivity contribution is 6.30. The van der Waals surface area contributed by atoms with Gasteiger partial charge in [-0.1, -0.05) is 24.6 Å². The van der Waals surface area contributed by atoms with E-state index in [-0.39, 0.29) is 0 Å². The van der Waals surface area contributed by atoms with Crippen molar-refractivity contribution in [1.29, 1.82) is 0 Å². The van der Waals surface area contributed by atoms with Gasteiger partial charge in [0.05, 0.1) is 5.41 Å². The van der Waals surface area contributed by atoms with E-state index in [1.165, 1.54) is 0 Å². The molecule has 2 nitrogen and oxygen atoms in total. The maximum atomic E-state index is 11.0. The molecule has 0 saturated heterocycles. The van der Waals surface area contributed by atoms with E-state index in [2.05, 4.69) is 6.92 Å². The Morgan fingerprint density at radius 1 is 1.31 bits per heavy atom. The van der Waals surface area contributed by atoms with Gasteiger partial charge in [-0.3, -0.25) is 4.79 Å². The van der Waals surface area contributed by atoms with Crippen LogP contribution in [0.4, 0.5) is 0 Å². The molecule has 1 aromatic rings. The van der Waals surface area contributed by atoms with Gasteiger partial charge in [0.25, 0.3) is 0 Å². The Labute approximate surface area is 101 Å². The van der Waals surface area contributed by atoms with Gasteiger partial charge in [0.15, 0.2) is 0 Å². The molecule has 0 aliphatic carbocycles. The third-order valence-electron chi connectivity index (χ3n) is 2.65. The zero-order chi connectivity index (χ0) is 12.3. The van der Waals surface area contributed by atoms with E-state index in [0.29, 0.717) is 11.4 Å². The zero-order valence-electron chi connectivity index (χ0n) is 9.88. The van der Waals surface area contributed by atoms with Crippen LogP contribution < -0.4 is 0 Å². The standard InChI is InChI=1S/C13H17ClO2/c1-4-9-5-10(7-11(14)6-9)8-13(2,3)12(15)16/h5-7H,4,8H2,1-3H3,(H,15,16). The van der Waals surface area contributed by atoms with Crippen LogP contribution >= 0.6 is 11.6 Å². The summed E-state index contributed by atoms with van der Waals surface area (Å²) in [6, 6.07) is 5.78. The van der Waals surface area contributed by atoms with Crippen molar-refractivity contribution in [2.75, 3.05) is 0 Å². The van der Waals surface area contributed by atoms with E-state index in [0.717, 1.165) is 17.5 Å². The Hall–Kier alpha value is -1.02. The normalized spacial score (nSPS) is 11.5. The van der Waals surface area contributed by atoms with Gasteiger partial charge < -0.3 is 5.11 Å². The lowest BCUT2D eigenvalue weighted by Gasteiger charge is -2.19. The molecule has 0 atom stereocenters. The number of benzene rings is 1. The summed E-state index contributed by atoms with van der Waals surface area (Å²) in [5.74, 6) is -0.787. The van der Waals surface area contributed by atoms with Gasteiger partial charge in [-0.2, -0.15) is 0 Å². The first kappa shape index (κ1) is 13.0. The van der Waals surface area contributed by atoms with E-state index < -0.39 is 11.4 Å². The van der Waals surface area contributed by atoms with Crippen LogP contribution in [-0.4, -0.2) is 11.1 Å². The smallest absolute Gasteiger partial charge is 0.309 e. The van der Waals surface area contributed by atoms with E-state index in [1.54, 1.807) is 13.8 Å². The number of hydrogen-bond donors (Lipinski definition) is 1. The molecular weight excluding hydrogens is 224 g/mol. The summed E-state index contributed by atoms with van der Waals surface area (Å²) in [5.41, 5.74) is 1.37. The lowest BCUT2D eigenvalue weighted by atomic mass is 9.85. The second-order valence-electron chi connectivity index (χ2n) is 4.69. The molecule has 0 heterocycles. The Kier molecular flexibility index (Phi) is 3.98. The van der Waals surface area contributed by atoms with Crippen molar-refractivity contribution in [2.24, 2.45) is 5.41 Å². The van der Waals surface area contributed by atoms with Crippen LogP contribution in [0.1, 0.15) is 31.9 Å². The summed E-state index contributed by atoms with van der Waals surface area (Å²) in [6.07, 6.45) is 1.40. The van der Waals surface area contributed by atoms with Gasteiger partial charge in [0.1, 0.15) is 0 Å². The molecule has 0 aliphatic rings. The highest BCUT2D eigenvalue weighted by Gasteiger charge is 2.27. The number of carbonyl (C=O) groups is 1. The number of carboxylic acids is 1. The number of aliphatic carboxylic acids is 1. The molecule has 0 unspecified atom stereocenters. The fourth-order valence-corrected chi connectivity index (χ4v) is 1.89. The summed E-state index contributed by atoms with van der Waals surface area (Å²) in [5, 5.41) is 9.74. The highest BCUT2D eigenvalue weighted by Crippen LogP contribution is 2.25. The Bertz CT molecular complexity index is 397. The van der Waals surface area contributed by atoms with E-state index in [1.807, 2.05) is 18.2 Å². The molecule has 0 aliphatic heterocycles. The molecule has 0 bridgehead atoms. The van der Waals surface area contributed by atoms with Gasteiger partial charge in [-0.25, -0.2) is 0 Å². The van der Waals surface area contributed by atoms with Crippen LogP contribution in [0.25, 0.3) is 0 Å². The average molecular weight is 241 g/mol. The quantitative estimate of drug-likeness (QED) is 0.874. The van der Waals surface area contributed by atoms with Crippen LogP contribution in [0.5, 0.6) is 0 Å². The minimum atomic E-state index is -0.787. The van der Waals surface area contributed by atoms with Crippen LogP contribution in [-0.2, 0) is 17.6 Å². The second kappa shape index (κ2) is 4.88. The fourth-order valence-electron chi connectivity index (χ4n) is 1.61. The molecule has 0 aromatic heterocycles. The summed E-state index contributed by atoms with van der Waals surface area (Å²) in [6.45, 7) is 5.50. The summed E-state index contributed by atoms with van der Waals surface area (Å²) in [4.78, 5) is 11.0. The SMILES string of the molecule is CCc1cc(Cl)cc(CC(C)(C)C(=O)O)c1. The summed E-state index contributed by atoms with van der Waals surface area (Å²) < 4.78 is 0. The Morgan fingerprint density at radius 3 is 2.38 bits per heavy atom. The Balaban J connectivity index is 2.97. The Morgan fingerprint density at radius 2 is 1.88 bits per heavy atom. The monoisotopic (exact) mass is 240 g/mol. The van der Waals surface area contributed by atoms with E-state index in [4.69, 9.17) is 16.7 Å². The molecule has 0 spiro atoms. The number of halogens is 1. The van der Waals surface area contributed by atoms with E-state index >= 15 is 0 Å².